The van der Waals surface area contributed by atoms with Gasteiger partial charge in [-0.1, -0.05) is 45.0 Å². The Morgan fingerprint density at radius 2 is 1.56 bits per heavy atom. The maximum absolute atomic E-state index is 13.6. The first-order valence-corrected chi connectivity index (χ1v) is 14.6. The van der Waals surface area contributed by atoms with Crippen molar-refractivity contribution < 1.29 is 23.1 Å². The second-order valence-corrected chi connectivity index (χ2v) is 12.7. The predicted octanol–water partition coefficient (Wildman–Crippen LogP) is 8.95. The second kappa shape index (κ2) is 14.6. The Hall–Kier alpha value is -2.71. The molecule has 1 heterocycles. The molecule has 1 aromatic heterocycles. The number of benzene rings is 2. The Balaban J connectivity index is 0.00000124. The Morgan fingerprint density at radius 3 is 2.08 bits per heavy atom. The van der Waals surface area contributed by atoms with Gasteiger partial charge in [-0.3, -0.25) is 9.59 Å². The van der Waals surface area contributed by atoms with Crippen molar-refractivity contribution in [2.45, 2.75) is 71.0 Å². The fourth-order valence-corrected chi connectivity index (χ4v) is 6.04. The van der Waals surface area contributed by atoms with Gasteiger partial charge in [0.2, 0.25) is 0 Å². The zero-order chi connectivity index (χ0) is 29.3. The summed E-state index contributed by atoms with van der Waals surface area (Å²) in [7, 11) is 1.32. The largest absolute Gasteiger partial charge is 0.469 e. The van der Waals surface area contributed by atoms with Crippen LogP contribution >= 0.6 is 23.1 Å². The van der Waals surface area contributed by atoms with Crippen molar-refractivity contribution in [2.75, 3.05) is 13.7 Å². The molecule has 3 aromatic rings. The first-order valence-electron chi connectivity index (χ1n) is 12.9. The number of ether oxygens (including phenoxy) is 1. The second-order valence-electron chi connectivity index (χ2n) is 10.2. The van der Waals surface area contributed by atoms with Crippen molar-refractivity contribution in [1.29, 1.82) is 0 Å². The van der Waals surface area contributed by atoms with Crippen LogP contribution in [0.25, 0.3) is 11.1 Å². The molecule has 3 rings (SSSR count). The first kappa shape index (κ1) is 32.5. The molecule has 1 unspecified atom stereocenters. The summed E-state index contributed by atoms with van der Waals surface area (Å²) in [5, 5.41) is 2.87. The van der Waals surface area contributed by atoms with Crippen LogP contribution < -0.4 is 5.32 Å². The first-order chi connectivity index (χ1) is 18.2. The van der Waals surface area contributed by atoms with E-state index in [2.05, 4.69) is 49.9 Å². The average molecular weight is 576 g/mol. The van der Waals surface area contributed by atoms with Gasteiger partial charge in [0.05, 0.1) is 18.4 Å². The minimum atomic E-state index is -2.86. The van der Waals surface area contributed by atoms with Crippen LogP contribution in [0.5, 0.6) is 0 Å². The molecule has 1 atom stereocenters. The summed E-state index contributed by atoms with van der Waals surface area (Å²) < 4.78 is 31.7. The van der Waals surface area contributed by atoms with Gasteiger partial charge in [-0.25, -0.2) is 8.78 Å². The van der Waals surface area contributed by atoms with E-state index in [-0.39, 0.29) is 35.7 Å². The van der Waals surface area contributed by atoms with E-state index in [1.807, 2.05) is 19.9 Å². The number of amides is 1. The van der Waals surface area contributed by atoms with Crippen LogP contribution in [0, 0.1) is 19.8 Å². The van der Waals surface area contributed by atoms with Gasteiger partial charge < -0.3 is 10.1 Å². The van der Waals surface area contributed by atoms with Crippen molar-refractivity contribution in [2.24, 2.45) is 5.92 Å². The number of hydrogen-bond acceptors (Lipinski definition) is 5. The predicted molar refractivity (Wildman–Crippen MR) is 159 cm³/mol. The molecule has 0 aliphatic rings. The summed E-state index contributed by atoms with van der Waals surface area (Å²) >= 11 is 3.14. The summed E-state index contributed by atoms with van der Waals surface area (Å²) in [6, 6.07) is 14.4. The molecule has 1 amide bonds. The van der Waals surface area contributed by atoms with Crippen molar-refractivity contribution in [3.63, 3.8) is 0 Å². The highest BCUT2D eigenvalue weighted by molar-refractivity contribution is 7.99. The molecule has 0 saturated heterocycles. The van der Waals surface area contributed by atoms with E-state index in [4.69, 9.17) is 0 Å². The standard InChI is InChI=1S/C27H29F2NO3S2.C4H10/c1-16-14-21(15-17(2)25(16)19-6-8-20(9-7-19)27(4,28)29)34-18(3)22-10-11-23(35-22)26(32)30-13-12-24(31)33-5;1-4(2)3/h6-11,14-15,18H,12-13H2,1-5H3,(H,30,32);4H,1-3H3. The molecule has 0 bridgehead atoms. The molecule has 0 radical (unpaired) electrons. The number of esters is 1. The third-order valence-corrected chi connectivity index (χ3v) is 8.12. The van der Waals surface area contributed by atoms with E-state index in [0.29, 0.717) is 4.88 Å². The van der Waals surface area contributed by atoms with E-state index >= 15 is 0 Å². The van der Waals surface area contributed by atoms with E-state index in [0.717, 1.165) is 44.9 Å². The Kier molecular flexibility index (Phi) is 12.2. The SMILES string of the molecule is CC(C)C.COC(=O)CCNC(=O)c1ccc(C(C)Sc2cc(C)c(-c3ccc(C(C)(F)F)cc3)c(C)c2)s1. The minimum Gasteiger partial charge on any atom is -0.469 e. The molecule has 4 nitrogen and oxygen atoms in total. The van der Waals surface area contributed by atoms with Gasteiger partial charge >= 0.3 is 5.97 Å². The van der Waals surface area contributed by atoms with E-state index in [9.17, 15) is 18.4 Å². The highest BCUT2D eigenvalue weighted by atomic mass is 32.2. The van der Waals surface area contributed by atoms with Crippen LogP contribution in [0.3, 0.4) is 0 Å². The lowest BCUT2D eigenvalue weighted by molar-refractivity contribution is -0.140. The summed E-state index contributed by atoms with van der Waals surface area (Å²) in [4.78, 5) is 26.3. The number of halogens is 2. The fourth-order valence-electron chi connectivity index (χ4n) is 3.80. The van der Waals surface area contributed by atoms with Crippen LogP contribution in [-0.4, -0.2) is 25.5 Å². The zero-order valence-corrected chi connectivity index (χ0v) is 25.6. The minimum absolute atomic E-state index is 0.00465. The molecule has 0 spiro atoms. The van der Waals surface area contributed by atoms with Crippen LogP contribution in [0.1, 0.15) is 77.5 Å². The van der Waals surface area contributed by atoms with Crippen molar-refractivity contribution >= 4 is 35.0 Å². The molecule has 8 heteroatoms. The number of thioether (sulfide) groups is 1. The fraction of sp³-hybridized carbons (Fsp3) is 0.419. The summed E-state index contributed by atoms with van der Waals surface area (Å²) in [6.07, 6.45) is 0.136. The number of alkyl halides is 2. The number of thiophene rings is 1. The van der Waals surface area contributed by atoms with Gasteiger partial charge in [-0.2, -0.15) is 0 Å². The van der Waals surface area contributed by atoms with Crippen LogP contribution in [0.15, 0.2) is 53.4 Å². The van der Waals surface area contributed by atoms with Crippen molar-refractivity contribution in [1.82, 2.24) is 5.32 Å². The van der Waals surface area contributed by atoms with Gasteiger partial charge in [0.1, 0.15) is 0 Å². The number of carbonyl (C=O) groups is 2. The number of nitrogens with one attached hydrogen (secondary N) is 1. The van der Waals surface area contributed by atoms with Crippen molar-refractivity contribution in [3.8, 4) is 11.1 Å². The van der Waals surface area contributed by atoms with Crippen LogP contribution in [0.4, 0.5) is 8.78 Å². The molecule has 0 saturated carbocycles. The van der Waals surface area contributed by atoms with Crippen LogP contribution in [-0.2, 0) is 15.5 Å². The zero-order valence-electron chi connectivity index (χ0n) is 24.0. The van der Waals surface area contributed by atoms with Gasteiger partial charge in [-0.05, 0) is 73.2 Å². The normalized spacial score (nSPS) is 12.0. The molecular formula is C31H39F2NO3S2. The Labute approximate surface area is 239 Å². The number of methoxy groups -OCH3 is 1. The molecule has 0 fully saturated rings. The number of carbonyl (C=O) groups excluding carboxylic acids is 2. The number of hydrogen-bond donors (Lipinski definition) is 1. The summed E-state index contributed by atoms with van der Waals surface area (Å²) in [5.41, 5.74) is 4.12. The Morgan fingerprint density at radius 1 is 1.00 bits per heavy atom. The highest BCUT2D eigenvalue weighted by Gasteiger charge is 2.24. The molecular weight excluding hydrogens is 536 g/mol. The van der Waals surface area contributed by atoms with E-state index in [1.165, 1.54) is 30.6 Å². The smallest absolute Gasteiger partial charge is 0.307 e. The van der Waals surface area contributed by atoms with Gasteiger partial charge in [0.15, 0.2) is 0 Å². The molecule has 1 N–H and O–H groups in total. The van der Waals surface area contributed by atoms with Gasteiger partial charge in [-0.15, -0.1) is 23.1 Å². The topological polar surface area (TPSA) is 55.4 Å². The summed E-state index contributed by atoms with van der Waals surface area (Å²) in [6.45, 7) is 13.8. The Bertz CT molecular complexity index is 1220. The number of aryl methyl sites for hydroxylation is 2. The molecule has 0 aliphatic heterocycles. The number of rotatable bonds is 9. The monoisotopic (exact) mass is 575 g/mol. The molecule has 0 aliphatic carbocycles. The maximum atomic E-state index is 13.6. The highest BCUT2D eigenvalue weighted by Crippen LogP contribution is 2.41. The quantitative estimate of drug-likeness (QED) is 0.204. The van der Waals surface area contributed by atoms with Gasteiger partial charge in [0.25, 0.3) is 11.8 Å². The van der Waals surface area contributed by atoms with Crippen LogP contribution in [0.2, 0.25) is 0 Å². The third kappa shape index (κ3) is 10.1. The summed E-state index contributed by atoms with van der Waals surface area (Å²) in [5.74, 6) is -2.59. The van der Waals surface area contributed by atoms with E-state index in [1.54, 1.807) is 30.0 Å². The van der Waals surface area contributed by atoms with E-state index < -0.39 is 5.92 Å². The molecule has 212 valence electrons. The average Bonchev–Trinajstić information content (AvgIpc) is 3.33. The molecule has 2 aromatic carbocycles. The lowest BCUT2D eigenvalue weighted by Gasteiger charge is -2.16. The lowest BCUT2D eigenvalue weighted by atomic mass is 9.94. The van der Waals surface area contributed by atoms with Gasteiger partial charge in [0, 0.05) is 34.1 Å². The van der Waals surface area contributed by atoms with Crippen molar-refractivity contribution in [3.05, 3.63) is 75.0 Å². The third-order valence-electron chi connectivity index (χ3n) is 5.59. The lowest BCUT2D eigenvalue weighted by Crippen LogP contribution is -2.25. The molecule has 39 heavy (non-hydrogen) atoms. The maximum Gasteiger partial charge on any atom is 0.307 e.